The fourth-order valence-corrected chi connectivity index (χ4v) is 3.75. The van der Waals surface area contributed by atoms with Crippen LogP contribution in [0, 0.1) is 0 Å². The summed E-state index contributed by atoms with van der Waals surface area (Å²) in [5.41, 5.74) is -2.14. The van der Waals surface area contributed by atoms with Gasteiger partial charge in [0.2, 0.25) is 0 Å². The van der Waals surface area contributed by atoms with Crippen molar-refractivity contribution in [3.8, 4) is 0 Å². The Balaban J connectivity index is 1.90. The van der Waals surface area contributed by atoms with E-state index in [0.29, 0.717) is 25.2 Å². The fraction of sp³-hybridized carbons (Fsp3) is 0.391. The van der Waals surface area contributed by atoms with Crippen molar-refractivity contribution < 1.29 is 35.8 Å². The first-order valence-electron chi connectivity index (χ1n) is 9.94. The molecule has 1 saturated heterocycles. The molecule has 2 aromatic carbocycles. The summed E-state index contributed by atoms with van der Waals surface area (Å²) in [7, 11) is 0. The maximum atomic E-state index is 13.2. The van der Waals surface area contributed by atoms with E-state index in [2.05, 4.69) is 11.5 Å². The molecule has 0 spiro atoms. The SMILES string of the molecule is C=CCN1C[C@@H](C)O[C@H](OCc2cc(C(F)(F)F)cc(C(F)(F)F)c2)[C@@H]1c1ccccc1. The standard InChI is InChI=1S/C23H23F6NO2/c1-3-9-30-13-15(2)32-21(20(30)17-7-5-4-6-8-17)31-14-16-10-18(22(24,25)26)12-19(11-16)23(27,28)29/h3-8,10-12,15,20-21H,1,9,13-14H2,2H3/t15-,20+,21+/m1/s1. The highest BCUT2D eigenvalue weighted by Crippen LogP contribution is 2.37. The first kappa shape index (κ1) is 24.3. The number of benzene rings is 2. The Kier molecular flexibility index (Phi) is 7.32. The van der Waals surface area contributed by atoms with Crippen molar-refractivity contribution in [1.82, 2.24) is 4.90 Å². The highest BCUT2D eigenvalue weighted by molar-refractivity contribution is 5.33. The molecule has 3 atom stereocenters. The van der Waals surface area contributed by atoms with Crippen molar-refractivity contribution in [3.05, 3.63) is 83.4 Å². The third kappa shape index (κ3) is 5.90. The van der Waals surface area contributed by atoms with Gasteiger partial charge in [0, 0.05) is 13.1 Å². The van der Waals surface area contributed by atoms with Crippen LogP contribution in [0.25, 0.3) is 0 Å². The van der Waals surface area contributed by atoms with Crippen LogP contribution in [-0.4, -0.2) is 30.4 Å². The molecule has 0 radical (unpaired) electrons. The van der Waals surface area contributed by atoms with E-state index in [9.17, 15) is 26.3 Å². The zero-order chi connectivity index (χ0) is 23.5. The van der Waals surface area contributed by atoms with Crippen molar-refractivity contribution in [2.24, 2.45) is 0 Å². The van der Waals surface area contributed by atoms with Crippen molar-refractivity contribution in [1.29, 1.82) is 0 Å². The predicted molar refractivity (Wildman–Crippen MR) is 107 cm³/mol. The molecule has 0 aromatic heterocycles. The van der Waals surface area contributed by atoms with E-state index in [4.69, 9.17) is 9.47 Å². The van der Waals surface area contributed by atoms with Crippen LogP contribution in [0.2, 0.25) is 0 Å². The van der Waals surface area contributed by atoms with Gasteiger partial charge in [-0.2, -0.15) is 26.3 Å². The van der Waals surface area contributed by atoms with Gasteiger partial charge >= 0.3 is 12.4 Å². The number of halogens is 6. The first-order chi connectivity index (χ1) is 15.0. The average Bonchev–Trinajstić information content (AvgIpc) is 2.71. The highest BCUT2D eigenvalue weighted by Gasteiger charge is 2.39. The van der Waals surface area contributed by atoms with Gasteiger partial charge in [0.05, 0.1) is 29.9 Å². The van der Waals surface area contributed by atoms with Crippen LogP contribution in [0.3, 0.4) is 0 Å². The molecule has 174 valence electrons. The van der Waals surface area contributed by atoms with Crippen molar-refractivity contribution in [2.75, 3.05) is 13.1 Å². The Morgan fingerprint density at radius 2 is 1.62 bits per heavy atom. The molecule has 1 fully saturated rings. The van der Waals surface area contributed by atoms with Crippen LogP contribution in [0.4, 0.5) is 26.3 Å². The summed E-state index contributed by atoms with van der Waals surface area (Å²) in [5.74, 6) is 0. The maximum absolute atomic E-state index is 13.2. The lowest BCUT2D eigenvalue weighted by molar-refractivity contribution is -0.239. The molecule has 3 rings (SSSR count). The minimum Gasteiger partial charge on any atom is -0.346 e. The average molecular weight is 459 g/mol. The largest absolute Gasteiger partial charge is 0.416 e. The van der Waals surface area contributed by atoms with Gasteiger partial charge in [0.1, 0.15) is 0 Å². The minimum absolute atomic E-state index is 0.0985. The Morgan fingerprint density at radius 3 is 2.16 bits per heavy atom. The molecule has 2 aromatic rings. The molecule has 0 amide bonds. The zero-order valence-electron chi connectivity index (χ0n) is 17.3. The summed E-state index contributed by atoms with van der Waals surface area (Å²) < 4.78 is 90.6. The third-order valence-corrected chi connectivity index (χ3v) is 5.08. The van der Waals surface area contributed by atoms with Crippen LogP contribution >= 0.6 is 0 Å². The van der Waals surface area contributed by atoms with E-state index in [1.54, 1.807) is 6.08 Å². The Labute approximate surface area is 182 Å². The lowest BCUT2D eigenvalue weighted by Gasteiger charge is -2.43. The Hall–Kier alpha value is -2.36. The van der Waals surface area contributed by atoms with Gasteiger partial charge in [-0.1, -0.05) is 36.4 Å². The molecular weight excluding hydrogens is 436 g/mol. The zero-order valence-corrected chi connectivity index (χ0v) is 17.3. The van der Waals surface area contributed by atoms with Crippen molar-refractivity contribution >= 4 is 0 Å². The lowest BCUT2D eigenvalue weighted by atomic mass is 10.0. The second-order valence-electron chi connectivity index (χ2n) is 7.64. The topological polar surface area (TPSA) is 21.7 Å². The molecule has 3 nitrogen and oxygen atoms in total. The number of alkyl halides is 6. The van der Waals surface area contributed by atoms with Gasteiger partial charge in [-0.05, 0) is 36.2 Å². The molecule has 9 heteroatoms. The molecule has 0 N–H and O–H groups in total. The second-order valence-corrected chi connectivity index (χ2v) is 7.64. The van der Waals surface area contributed by atoms with Crippen LogP contribution in [0.1, 0.15) is 35.2 Å². The molecule has 0 bridgehead atoms. The summed E-state index contributed by atoms with van der Waals surface area (Å²) in [6.07, 6.45) is -9.27. The summed E-state index contributed by atoms with van der Waals surface area (Å²) >= 11 is 0. The van der Waals surface area contributed by atoms with Gasteiger partial charge in [-0.3, -0.25) is 4.90 Å². The third-order valence-electron chi connectivity index (χ3n) is 5.08. The molecule has 0 unspecified atom stereocenters. The number of hydrogen-bond acceptors (Lipinski definition) is 3. The summed E-state index contributed by atoms with van der Waals surface area (Å²) in [5, 5.41) is 0. The molecule has 32 heavy (non-hydrogen) atoms. The number of ether oxygens (including phenoxy) is 2. The van der Waals surface area contributed by atoms with E-state index in [0.717, 1.165) is 5.56 Å². The summed E-state index contributed by atoms with van der Waals surface area (Å²) in [4.78, 5) is 2.05. The molecule has 1 heterocycles. The summed E-state index contributed by atoms with van der Waals surface area (Å²) in [6.45, 7) is 6.17. The van der Waals surface area contributed by atoms with Gasteiger partial charge in [0.15, 0.2) is 6.29 Å². The number of rotatable bonds is 6. The van der Waals surface area contributed by atoms with Crippen molar-refractivity contribution in [3.63, 3.8) is 0 Å². The Morgan fingerprint density at radius 1 is 1.03 bits per heavy atom. The highest BCUT2D eigenvalue weighted by atomic mass is 19.4. The lowest BCUT2D eigenvalue weighted by Crippen LogP contribution is -2.49. The molecule has 1 aliphatic rings. The summed E-state index contributed by atoms with van der Waals surface area (Å²) in [6, 6.07) is 10.3. The van der Waals surface area contributed by atoms with Gasteiger partial charge in [-0.25, -0.2) is 0 Å². The van der Waals surface area contributed by atoms with Gasteiger partial charge in [0.25, 0.3) is 0 Å². The van der Waals surface area contributed by atoms with Crippen LogP contribution in [0.5, 0.6) is 0 Å². The molecule has 0 aliphatic carbocycles. The quantitative estimate of drug-likeness (QED) is 0.379. The van der Waals surface area contributed by atoms with Crippen molar-refractivity contribution in [2.45, 2.75) is 44.3 Å². The fourth-order valence-electron chi connectivity index (χ4n) is 3.75. The second kappa shape index (κ2) is 9.64. The number of hydrogen-bond donors (Lipinski definition) is 0. The molecular formula is C23H23F6NO2. The minimum atomic E-state index is -4.92. The van der Waals surface area contributed by atoms with E-state index in [1.165, 1.54) is 0 Å². The Bertz CT molecular complexity index is 881. The first-order valence-corrected chi connectivity index (χ1v) is 9.94. The normalized spacial score (nSPS) is 22.7. The van der Waals surface area contributed by atoms with E-state index < -0.39 is 42.4 Å². The van der Waals surface area contributed by atoms with Crippen LogP contribution < -0.4 is 0 Å². The van der Waals surface area contributed by atoms with Gasteiger partial charge < -0.3 is 9.47 Å². The number of morpholine rings is 1. The molecule has 0 saturated carbocycles. The van der Waals surface area contributed by atoms with Crippen LogP contribution in [-0.2, 0) is 28.4 Å². The monoisotopic (exact) mass is 459 g/mol. The molecule has 1 aliphatic heterocycles. The van der Waals surface area contributed by atoms with Gasteiger partial charge in [-0.15, -0.1) is 6.58 Å². The number of nitrogens with zero attached hydrogens (tertiary/aromatic N) is 1. The van der Waals surface area contributed by atoms with E-state index in [1.807, 2.05) is 37.3 Å². The van der Waals surface area contributed by atoms with Crippen LogP contribution in [0.15, 0.2) is 61.2 Å². The van der Waals surface area contributed by atoms with E-state index >= 15 is 0 Å². The predicted octanol–water partition coefficient (Wildman–Crippen LogP) is 6.21. The van der Waals surface area contributed by atoms with E-state index in [-0.39, 0.29) is 17.7 Å². The maximum Gasteiger partial charge on any atom is 0.416 e. The smallest absolute Gasteiger partial charge is 0.346 e.